The lowest BCUT2D eigenvalue weighted by Crippen LogP contribution is -2.30. The lowest BCUT2D eigenvalue weighted by Gasteiger charge is -2.30. The van der Waals surface area contributed by atoms with E-state index >= 15 is 0 Å². The molecule has 0 bridgehead atoms. The Morgan fingerprint density at radius 2 is 2.05 bits per heavy atom. The number of alkyl halides is 1. The summed E-state index contributed by atoms with van der Waals surface area (Å²) in [7, 11) is 0. The van der Waals surface area contributed by atoms with Gasteiger partial charge in [-0.3, -0.25) is 0 Å². The molecule has 0 spiro atoms. The van der Waals surface area contributed by atoms with Gasteiger partial charge in [-0.2, -0.15) is 0 Å². The molecule has 0 aliphatic rings. The summed E-state index contributed by atoms with van der Waals surface area (Å²) in [5.41, 5.74) is 0.119. The Balaban J connectivity index is 2.76. The van der Waals surface area contributed by atoms with E-state index in [1.807, 2.05) is 26.0 Å². The molecule has 0 atom stereocenters. The molecule has 0 aliphatic heterocycles. The maximum atomic E-state index is 6.12. The fourth-order valence-corrected chi connectivity index (χ4v) is 2.35. The Morgan fingerprint density at radius 3 is 2.58 bits per heavy atom. The molecule has 19 heavy (non-hydrogen) atoms. The number of nitrogens with one attached hydrogen (secondary N) is 1. The molecule has 1 aromatic rings. The van der Waals surface area contributed by atoms with Crippen molar-refractivity contribution in [3.8, 4) is 5.75 Å². The van der Waals surface area contributed by atoms with Gasteiger partial charge in [0.15, 0.2) is 11.6 Å². The monoisotopic (exact) mass is 284 g/mol. The highest BCUT2D eigenvalue weighted by molar-refractivity contribution is 6.18. The summed E-state index contributed by atoms with van der Waals surface area (Å²) in [5.74, 6) is 2.25. The van der Waals surface area contributed by atoms with Gasteiger partial charge in [-0.25, -0.2) is 4.98 Å². The predicted octanol–water partition coefficient (Wildman–Crippen LogP) is 4.33. The number of nitrogens with zero attached hydrogens (tertiary/aromatic N) is 1. The molecule has 0 fully saturated rings. The van der Waals surface area contributed by atoms with E-state index < -0.39 is 0 Å². The molecule has 1 aromatic heterocycles. The van der Waals surface area contributed by atoms with Crippen LogP contribution >= 0.6 is 11.6 Å². The highest BCUT2D eigenvalue weighted by Gasteiger charge is 2.25. The fraction of sp³-hybridized carbons (Fsp3) is 0.667. The predicted molar refractivity (Wildman–Crippen MR) is 82.2 cm³/mol. The number of pyridine rings is 1. The molecule has 108 valence electrons. The van der Waals surface area contributed by atoms with Crippen LogP contribution in [-0.4, -0.2) is 23.5 Å². The van der Waals surface area contributed by atoms with Gasteiger partial charge in [0.25, 0.3) is 0 Å². The molecular formula is C15H25ClN2O. The van der Waals surface area contributed by atoms with E-state index in [4.69, 9.17) is 16.3 Å². The van der Waals surface area contributed by atoms with Crippen molar-refractivity contribution in [1.82, 2.24) is 4.98 Å². The summed E-state index contributed by atoms with van der Waals surface area (Å²) in [6, 6.07) is 3.83. The maximum Gasteiger partial charge on any atom is 0.168 e. The van der Waals surface area contributed by atoms with Crippen LogP contribution in [0.25, 0.3) is 0 Å². The first kappa shape index (κ1) is 16.1. The van der Waals surface area contributed by atoms with Gasteiger partial charge in [-0.1, -0.05) is 13.8 Å². The van der Waals surface area contributed by atoms with Crippen molar-refractivity contribution in [3.05, 3.63) is 18.3 Å². The van der Waals surface area contributed by atoms with Gasteiger partial charge in [-0.15, -0.1) is 11.6 Å². The maximum absolute atomic E-state index is 6.12. The van der Waals surface area contributed by atoms with Gasteiger partial charge < -0.3 is 10.1 Å². The van der Waals surface area contributed by atoms with E-state index in [9.17, 15) is 0 Å². The molecule has 1 rings (SSSR count). The first-order valence-corrected chi connectivity index (χ1v) is 7.52. The van der Waals surface area contributed by atoms with E-state index in [2.05, 4.69) is 24.1 Å². The van der Waals surface area contributed by atoms with Gasteiger partial charge in [0.1, 0.15) is 0 Å². The number of anilines is 1. The summed E-state index contributed by atoms with van der Waals surface area (Å²) >= 11 is 6.12. The summed E-state index contributed by atoms with van der Waals surface area (Å²) in [6.07, 6.45) is 4.01. The van der Waals surface area contributed by atoms with E-state index in [1.54, 1.807) is 6.20 Å². The Bertz CT molecular complexity index is 370. The lowest BCUT2D eigenvalue weighted by molar-refractivity contribution is 0.242. The Kier molecular flexibility index (Phi) is 6.43. The number of hydrogen-bond acceptors (Lipinski definition) is 3. The van der Waals surface area contributed by atoms with Crippen LogP contribution in [0.4, 0.5) is 5.82 Å². The third-order valence-corrected chi connectivity index (χ3v) is 4.11. The van der Waals surface area contributed by atoms with Crippen molar-refractivity contribution in [2.45, 2.75) is 46.6 Å². The topological polar surface area (TPSA) is 34.2 Å². The Morgan fingerprint density at radius 1 is 1.37 bits per heavy atom. The van der Waals surface area contributed by atoms with Crippen molar-refractivity contribution >= 4 is 17.4 Å². The number of ether oxygens (including phenoxy) is 1. The molecule has 0 aliphatic carbocycles. The van der Waals surface area contributed by atoms with Crippen molar-refractivity contribution in [2.75, 3.05) is 17.7 Å². The molecular weight excluding hydrogens is 260 g/mol. The minimum Gasteiger partial charge on any atom is -0.487 e. The quantitative estimate of drug-likeness (QED) is 0.722. The SMILES string of the molecule is CCC(CC)(CCl)CNc1ncccc1OC(C)C. The molecule has 0 saturated carbocycles. The largest absolute Gasteiger partial charge is 0.487 e. The zero-order chi connectivity index (χ0) is 14.3. The van der Waals surface area contributed by atoms with Crippen LogP contribution in [-0.2, 0) is 0 Å². The highest BCUT2D eigenvalue weighted by Crippen LogP contribution is 2.30. The molecule has 0 radical (unpaired) electrons. The van der Waals surface area contributed by atoms with Crippen molar-refractivity contribution < 1.29 is 4.74 Å². The first-order chi connectivity index (χ1) is 9.06. The minimum atomic E-state index is 0.119. The van der Waals surface area contributed by atoms with Gasteiger partial charge in [0, 0.05) is 24.0 Å². The van der Waals surface area contributed by atoms with Crippen molar-refractivity contribution in [2.24, 2.45) is 5.41 Å². The van der Waals surface area contributed by atoms with Crippen LogP contribution < -0.4 is 10.1 Å². The third kappa shape index (κ3) is 4.57. The van der Waals surface area contributed by atoms with Crippen LogP contribution in [0, 0.1) is 5.41 Å². The molecule has 1 N–H and O–H groups in total. The molecule has 0 unspecified atom stereocenters. The van der Waals surface area contributed by atoms with Crippen molar-refractivity contribution in [3.63, 3.8) is 0 Å². The second-order valence-corrected chi connectivity index (χ2v) is 5.48. The molecule has 0 aromatic carbocycles. The normalized spacial score (nSPS) is 11.7. The fourth-order valence-electron chi connectivity index (χ4n) is 1.88. The zero-order valence-corrected chi connectivity index (χ0v) is 13.1. The van der Waals surface area contributed by atoms with Crippen LogP contribution in [0.5, 0.6) is 5.75 Å². The summed E-state index contributed by atoms with van der Waals surface area (Å²) in [6.45, 7) is 9.19. The van der Waals surface area contributed by atoms with Crippen molar-refractivity contribution in [1.29, 1.82) is 0 Å². The molecule has 0 amide bonds. The molecule has 1 heterocycles. The lowest BCUT2D eigenvalue weighted by atomic mass is 9.84. The zero-order valence-electron chi connectivity index (χ0n) is 12.4. The first-order valence-electron chi connectivity index (χ1n) is 6.98. The smallest absolute Gasteiger partial charge is 0.168 e. The number of halogens is 1. The van der Waals surface area contributed by atoms with E-state index in [1.165, 1.54) is 0 Å². The van der Waals surface area contributed by atoms with E-state index in [0.717, 1.165) is 31.0 Å². The molecule has 0 saturated heterocycles. The average molecular weight is 285 g/mol. The van der Waals surface area contributed by atoms with Crippen LogP contribution in [0.2, 0.25) is 0 Å². The second kappa shape index (κ2) is 7.59. The number of aromatic nitrogens is 1. The third-order valence-electron chi connectivity index (χ3n) is 3.55. The van der Waals surface area contributed by atoms with Gasteiger partial charge in [0.05, 0.1) is 6.10 Å². The average Bonchev–Trinajstić information content (AvgIpc) is 2.42. The number of rotatable bonds is 8. The molecule has 4 heteroatoms. The standard InChI is InChI=1S/C15H25ClN2O/c1-5-15(6-2,10-16)11-18-14-13(19-12(3)4)8-7-9-17-14/h7-9,12H,5-6,10-11H2,1-4H3,(H,17,18). The van der Waals surface area contributed by atoms with E-state index in [0.29, 0.717) is 5.88 Å². The Labute approximate surface area is 121 Å². The minimum absolute atomic E-state index is 0.119. The molecule has 3 nitrogen and oxygen atoms in total. The second-order valence-electron chi connectivity index (χ2n) is 5.21. The number of hydrogen-bond donors (Lipinski definition) is 1. The summed E-state index contributed by atoms with van der Waals surface area (Å²) < 4.78 is 5.75. The van der Waals surface area contributed by atoms with Crippen LogP contribution in [0.1, 0.15) is 40.5 Å². The van der Waals surface area contributed by atoms with Gasteiger partial charge in [-0.05, 0) is 38.8 Å². The summed E-state index contributed by atoms with van der Waals surface area (Å²) in [4.78, 5) is 4.36. The van der Waals surface area contributed by atoms with E-state index in [-0.39, 0.29) is 11.5 Å². The highest BCUT2D eigenvalue weighted by atomic mass is 35.5. The summed E-state index contributed by atoms with van der Waals surface area (Å²) in [5, 5.41) is 3.39. The van der Waals surface area contributed by atoms with Crippen LogP contribution in [0.15, 0.2) is 18.3 Å². The van der Waals surface area contributed by atoms with Gasteiger partial charge in [0.2, 0.25) is 0 Å². The Hall–Kier alpha value is -0.960. The van der Waals surface area contributed by atoms with Crippen LogP contribution in [0.3, 0.4) is 0 Å². The van der Waals surface area contributed by atoms with Gasteiger partial charge >= 0.3 is 0 Å².